The summed E-state index contributed by atoms with van der Waals surface area (Å²) in [5.74, 6) is -0.663. The van der Waals surface area contributed by atoms with Gasteiger partial charge in [-0.3, -0.25) is 4.79 Å². The van der Waals surface area contributed by atoms with Crippen LogP contribution < -0.4 is 5.32 Å². The molecule has 3 N–H and O–H groups in total. The zero-order valence-corrected chi connectivity index (χ0v) is 9.52. The maximum atomic E-state index is 12.2. The first-order chi connectivity index (χ1) is 8.20. The third-order valence-corrected chi connectivity index (χ3v) is 2.86. The van der Waals surface area contributed by atoms with Crippen LogP contribution in [-0.2, 0) is 0 Å². The van der Waals surface area contributed by atoms with Gasteiger partial charge in [-0.2, -0.15) is 0 Å². The highest BCUT2D eigenvalue weighted by Gasteiger charge is 2.22. The van der Waals surface area contributed by atoms with Crippen LogP contribution in [-0.4, -0.2) is 47.2 Å². The molecule has 2 rings (SSSR count). The van der Waals surface area contributed by atoms with E-state index >= 15 is 0 Å². The predicted octanol–water partition coefficient (Wildman–Crippen LogP) is 0.533. The van der Waals surface area contributed by atoms with Gasteiger partial charge in [-0.1, -0.05) is 6.07 Å². The fraction of sp³-hybridized carbons (Fsp3) is 0.417. The Morgan fingerprint density at radius 3 is 2.59 bits per heavy atom. The van der Waals surface area contributed by atoms with Crippen LogP contribution in [0, 0.1) is 0 Å². The van der Waals surface area contributed by atoms with Crippen molar-refractivity contribution in [1.82, 2.24) is 10.2 Å². The summed E-state index contributed by atoms with van der Waals surface area (Å²) in [6.45, 7) is 2.85. The Kier molecular flexibility index (Phi) is 3.49. The lowest BCUT2D eigenvalue weighted by molar-refractivity contribution is 0.0760. The third-order valence-electron chi connectivity index (χ3n) is 2.86. The summed E-state index contributed by atoms with van der Waals surface area (Å²) < 4.78 is 0. The van der Waals surface area contributed by atoms with Crippen molar-refractivity contribution in [3.8, 4) is 11.5 Å². The van der Waals surface area contributed by atoms with Gasteiger partial charge in [-0.05, 0) is 25.1 Å². The molecule has 1 aromatic rings. The molecular formula is C12H16N2O3. The molecule has 0 unspecified atom stereocenters. The Bertz CT molecular complexity index is 392. The van der Waals surface area contributed by atoms with Crippen LogP contribution in [0.3, 0.4) is 0 Å². The van der Waals surface area contributed by atoms with E-state index in [-0.39, 0.29) is 23.0 Å². The minimum atomic E-state index is -0.315. The molecule has 0 atom stereocenters. The van der Waals surface area contributed by atoms with Gasteiger partial charge in [0.1, 0.15) is 17.1 Å². The topological polar surface area (TPSA) is 72.8 Å². The number of carbonyl (C=O) groups is 1. The van der Waals surface area contributed by atoms with Gasteiger partial charge in [0.05, 0.1) is 0 Å². The van der Waals surface area contributed by atoms with Crippen LogP contribution in [0.25, 0.3) is 0 Å². The highest BCUT2D eigenvalue weighted by Crippen LogP contribution is 2.27. The van der Waals surface area contributed by atoms with Gasteiger partial charge in [-0.25, -0.2) is 0 Å². The first-order valence-corrected chi connectivity index (χ1v) is 5.71. The second-order valence-electron chi connectivity index (χ2n) is 4.07. The molecule has 92 valence electrons. The van der Waals surface area contributed by atoms with E-state index in [9.17, 15) is 15.0 Å². The maximum Gasteiger partial charge on any atom is 0.261 e. The highest BCUT2D eigenvalue weighted by molar-refractivity contribution is 5.99. The van der Waals surface area contributed by atoms with Crippen LogP contribution in [0.5, 0.6) is 11.5 Å². The second kappa shape index (κ2) is 5.05. The number of rotatable bonds is 1. The highest BCUT2D eigenvalue weighted by atomic mass is 16.3. The SMILES string of the molecule is O=C(c1c(O)cccc1O)N1CCCNCC1. The summed E-state index contributed by atoms with van der Waals surface area (Å²) in [7, 11) is 0. The molecule has 1 saturated heterocycles. The summed E-state index contributed by atoms with van der Waals surface area (Å²) in [5.41, 5.74) is -0.00519. The lowest BCUT2D eigenvalue weighted by Crippen LogP contribution is -2.34. The minimum absolute atomic E-state index is 0.00519. The molecule has 0 spiro atoms. The Balaban J connectivity index is 2.23. The van der Waals surface area contributed by atoms with E-state index in [2.05, 4.69) is 5.32 Å². The van der Waals surface area contributed by atoms with Gasteiger partial charge in [0.25, 0.3) is 5.91 Å². The van der Waals surface area contributed by atoms with E-state index in [0.717, 1.165) is 19.5 Å². The molecular weight excluding hydrogens is 220 g/mol. The summed E-state index contributed by atoms with van der Waals surface area (Å²) in [5, 5.41) is 22.5. The van der Waals surface area contributed by atoms with Crippen molar-refractivity contribution in [2.75, 3.05) is 26.2 Å². The van der Waals surface area contributed by atoms with Crippen LogP contribution in [0.1, 0.15) is 16.8 Å². The Labute approximate surface area is 99.7 Å². The van der Waals surface area contributed by atoms with Crippen LogP contribution in [0.15, 0.2) is 18.2 Å². The van der Waals surface area contributed by atoms with E-state index in [0.29, 0.717) is 13.1 Å². The molecule has 0 saturated carbocycles. The number of aromatic hydroxyl groups is 2. The van der Waals surface area contributed by atoms with E-state index in [1.54, 1.807) is 4.90 Å². The number of benzene rings is 1. The molecule has 1 heterocycles. The van der Waals surface area contributed by atoms with E-state index in [4.69, 9.17) is 0 Å². The molecule has 0 radical (unpaired) electrons. The van der Waals surface area contributed by atoms with Crippen molar-refractivity contribution in [2.45, 2.75) is 6.42 Å². The van der Waals surface area contributed by atoms with Crippen molar-refractivity contribution in [3.63, 3.8) is 0 Å². The van der Waals surface area contributed by atoms with Crippen molar-refractivity contribution < 1.29 is 15.0 Å². The Morgan fingerprint density at radius 1 is 1.18 bits per heavy atom. The van der Waals surface area contributed by atoms with Crippen molar-refractivity contribution in [3.05, 3.63) is 23.8 Å². The lowest BCUT2D eigenvalue weighted by Gasteiger charge is -2.20. The Morgan fingerprint density at radius 2 is 1.88 bits per heavy atom. The number of nitrogens with zero attached hydrogens (tertiary/aromatic N) is 1. The molecule has 1 aliphatic rings. The van der Waals surface area contributed by atoms with E-state index in [1.165, 1.54) is 18.2 Å². The molecule has 1 fully saturated rings. The molecule has 5 heteroatoms. The quantitative estimate of drug-likeness (QED) is 0.665. The molecule has 0 aliphatic carbocycles. The standard InChI is InChI=1S/C12H16N2O3/c15-9-3-1-4-10(16)11(9)12(17)14-7-2-5-13-6-8-14/h1,3-4,13,15-16H,2,5-8H2. The number of carbonyl (C=O) groups excluding carboxylic acids is 1. The third kappa shape index (κ3) is 2.50. The number of hydrogen-bond donors (Lipinski definition) is 3. The number of hydrogen-bond acceptors (Lipinski definition) is 4. The zero-order chi connectivity index (χ0) is 12.3. The fourth-order valence-electron chi connectivity index (χ4n) is 1.95. The maximum absolute atomic E-state index is 12.2. The fourth-order valence-corrected chi connectivity index (χ4v) is 1.95. The summed E-state index contributed by atoms with van der Waals surface area (Å²) in [4.78, 5) is 13.8. The van der Waals surface area contributed by atoms with Crippen LogP contribution in [0.4, 0.5) is 0 Å². The summed E-state index contributed by atoms with van der Waals surface area (Å²) >= 11 is 0. The zero-order valence-electron chi connectivity index (χ0n) is 9.52. The monoisotopic (exact) mass is 236 g/mol. The molecule has 1 amide bonds. The van der Waals surface area contributed by atoms with E-state index < -0.39 is 0 Å². The smallest absolute Gasteiger partial charge is 0.261 e. The van der Waals surface area contributed by atoms with Crippen LogP contribution in [0.2, 0.25) is 0 Å². The lowest BCUT2D eigenvalue weighted by atomic mass is 10.1. The average Bonchev–Trinajstić information content (AvgIpc) is 2.57. The average molecular weight is 236 g/mol. The van der Waals surface area contributed by atoms with Gasteiger partial charge >= 0.3 is 0 Å². The van der Waals surface area contributed by atoms with E-state index in [1.807, 2.05) is 0 Å². The summed E-state index contributed by atoms with van der Waals surface area (Å²) in [6.07, 6.45) is 0.875. The number of phenolic OH excluding ortho intramolecular Hbond substituents is 2. The van der Waals surface area contributed by atoms with Gasteiger partial charge in [0.2, 0.25) is 0 Å². The first kappa shape index (κ1) is 11.7. The van der Waals surface area contributed by atoms with Crippen LogP contribution >= 0.6 is 0 Å². The molecule has 5 nitrogen and oxygen atoms in total. The molecule has 1 aliphatic heterocycles. The Hall–Kier alpha value is -1.75. The molecule has 17 heavy (non-hydrogen) atoms. The molecule has 1 aromatic carbocycles. The number of amides is 1. The largest absolute Gasteiger partial charge is 0.507 e. The normalized spacial score (nSPS) is 16.6. The second-order valence-corrected chi connectivity index (χ2v) is 4.07. The number of nitrogens with one attached hydrogen (secondary N) is 1. The number of phenols is 2. The van der Waals surface area contributed by atoms with Gasteiger partial charge in [-0.15, -0.1) is 0 Å². The van der Waals surface area contributed by atoms with Crippen molar-refractivity contribution in [2.24, 2.45) is 0 Å². The van der Waals surface area contributed by atoms with Crippen molar-refractivity contribution in [1.29, 1.82) is 0 Å². The predicted molar refractivity (Wildman–Crippen MR) is 63.2 cm³/mol. The van der Waals surface area contributed by atoms with Gasteiger partial charge in [0, 0.05) is 19.6 Å². The van der Waals surface area contributed by atoms with Gasteiger partial charge < -0.3 is 20.4 Å². The minimum Gasteiger partial charge on any atom is -0.507 e. The summed E-state index contributed by atoms with van der Waals surface area (Å²) in [6, 6.07) is 4.32. The molecule has 0 aromatic heterocycles. The molecule has 0 bridgehead atoms. The van der Waals surface area contributed by atoms with Crippen molar-refractivity contribution >= 4 is 5.91 Å². The van der Waals surface area contributed by atoms with Gasteiger partial charge in [0.15, 0.2) is 0 Å². The first-order valence-electron chi connectivity index (χ1n) is 5.71.